The van der Waals surface area contributed by atoms with E-state index in [1.54, 1.807) is 25.9 Å². The van der Waals surface area contributed by atoms with Crippen LogP contribution in [0.25, 0.3) is 0 Å². The lowest BCUT2D eigenvalue weighted by molar-refractivity contribution is -0.120. The Bertz CT molecular complexity index is 491. The van der Waals surface area contributed by atoms with E-state index >= 15 is 0 Å². The molecule has 0 bridgehead atoms. The van der Waals surface area contributed by atoms with Crippen LogP contribution in [0.1, 0.15) is 23.7 Å². The maximum atomic E-state index is 11.9. The van der Waals surface area contributed by atoms with Crippen LogP contribution in [0.5, 0.6) is 0 Å². The molecular weight excluding hydrogens is 260 g/mol. The average molecular weight is 280 g/mol. The van der Waals surface area contributed by atoms with Crippen molar-refractivity contribution in [2.75, 3.05) is 37.9 Å². The number of carbonyl (C=O) groups excluding carboxylic acids is 2. The molecule has 7 heteroatoms. The fourth-order valence-corrected chi connectivity index (χ4v) is 1.64. The van der Waals surface area contributed by atoms with Gasteiger partial charge in [-0.3, -0.25) is 4.79 Å². The van der Waals surface area contributed by atoms with Crippen molar-refractivity contribution in [2.24, 2.45) is 0 Å². The van der Waals surface area contributed by atoms with Gasteiger partial charge in [0.2, 0.25) is 5.91 Å². The number of esters is 1. The topological polar surface area (TPSA) is 97.6 Å². The molecule has 1 amide bonds. The first-order valence-electron chi connectivity index (χ1n) is 6.34. The van der Waals surface area contributed by atoms with E-state index in [1.165, 1.54) is 12.3 Å². The molecule has 0 aliphatic rings. The second-order valence-electron chi connectivity index (χ2n) is 4.21. The predicted octanol–water partition coefficient (Wildman–Crippen LogP) is 0.413. The van der Waals surface area contributed by atoms with Crippen LogP contribution in [0, 0.1) is 0 Å². The van der Waals surface area contributed by atoms with Crippen molar-refractivity contribution >= 4 is 23.4 Å². The normalized spacial score (nSPS) is 9.95. The highest BCUT2D eigenvalue weighted by molar-refractivity contribution is 5.95. The van der Waals surface area contributed by atoms with E-state index < -0.39 is 5.97 Å². The number of aromatic nitrogens is 1. The lowest BCUT2D eigenvalue weighted by Crippen LogP contribution is -2.28. The van der Waals surface area contributed by atoms with Gasteiger partial charge in [-0.2, -0.15) is 0 Å². The number of nitrogens with zero attached hydrogens (tertiary/aromatic N) is 2. The van der Waals surface area contributed by atoms with Crippen LogP contribution in [0.4, 0.5) is 11.5 Å². The van der Waals surface area contributed by atoms with Crippen LogP contribution < -0.4 is 16.0 Å². The number of pyridine rings is 1. The molecular formula is C13H20N4O3. The summed E-state index contributed by atoms with van der Waals surface area (Å²) in [6.45, 7) is 2.44. The second-order valence-corrected chi connectivity index (χ2v) is 4.21. The lowest BCUT2D eigenvalue weighted by Gasteiger charge is -2.20. The Kier molecular flexibility index (Phi) is 5.76. The van der Waals surface area contributed by atoms with Gasteiger partial charge in [0.1, 0.15) is 11.4 Å². The Morgan fingerprint density at radius 1 is 1.50 bits per heavy atom. The Balaban J connectivity index is 2.92. The summed E-state index contributed by atoms with van der Waals surface area (Å²) in [6, 6.07) is 1.52. The Hall–Kier alpha value is -2.31. The first-order valence-corrected chi connectivity index (χ1v) is 6.34. The highest BCUT2D eigenvalue weighted by atomic mass is 16.5. The van der Waals surface area contributed by atoms with E-state index in [0.29, 0.717) is 30.0 Å². The van der Waals surface area contributed by atoms with Crippen molar-refractivity contribution in [1.82, 2.24) is 10.3 Å². The highest BCUT2D eigenvalue weighted by Gasteiger charge is 2.18. The van der Waals surface area contributed by atoms with Crippen LogP contribution in [-0.4, -0.2) is 44.1 Å². The number of hydrogen-bond donors (Lipinski definition) is 2. The van der Waals surface area contributed by atoms with Crippen molar-refractivity contribution in [3.8, 4) is 0 Å². The van der Waals surface area contributed by atoms with Crippen LogP contribution in [0.15, 0.2) is 12.3 Å². The van der Waals surface area contributed by atoms with Crippen molar-refractivity contribution in [1.29, 1.82) is 0 Å². The minimum Gasteiger partial charge on any atom is -0.462 e. The summed E-state index contributed by atoms with van der Waals surface area (Å²) in [6.07, 6.45) is 1.77. The summed E-state index contributed by atoms with van der Waals surface area (Å²) in [5.41, 5.74) is 6.34. The molecule has 0 aliphatic heterocycles. The highest BCUT2D eigenvalue weighted by Crippen LogP contribution is 2.20. The maximum absolute atomic E-state index is 11.9. The first-order chi connectivity index (χ1) is 9.49. The smallest absolute Gasteiger partial charge is 0.341 e. The minimum absolute atomic E-state index is 0.0787. The van der Waals surface area contributed by atoms with E-state index in [0.717, 1.165) is 0 Å². The molecule has 3 N–H and O–H groups in total. The number of nitrogens with one attached hydrogen (secondary N) is 1. The number of amides is 1. The van der Waals surface area contributed by atoms with E-state index in [4.69, 9.17) is 10.5 Å². The van der Waals surface area contributed by atoms with Crippen molar-refractivity contribution in [3.63, 3.8) is 0 Å². The molecule has 0 spiro atoms. The zero-order valence-electron chi connectivity index (χ0n) is 12.0. The summed E-state index contributed by atoms with van der Waals surface area (Å²) < 4.78 is 4.98. The number of rotatable bonds is 6. The van der Waals surface area contributed by atoms with Crippen LogP contribution >= 0.6 is 0 Å². The van der Waals surface area contributed by atoms with Gasteiger partial charge in [0.05, 0.1) is 18.5 Å². The average Bonchev–Trinajstić information content (AvgIpc) is 2.44. The Labute approximate surface area is 118 Å². The molecule has 0 aliphatic carbocycles. The largest absolute Gasteiger partial charge is 0.462 e. The van der Waals surface area contributed by atoms with Gasteiger partial charge in [-0.15, -0.1) is 0 Å². The van der Waals surface area contributed by atoms with Crippen LogP contribution in [0.3, 0.4) is 0 Å². The van der Waals surface area contributed by atoms with Gasteiger partial charge >= 0.3 is 5.97 Å². The van der Waals surface area contributed by atoms with Gasteiger partial charge in [-0.1, -0.05) is 0 Å². The summed E-state index contributed by atoms with van der Waals surface area (Å²) in [5.74, 6) is -0.111. The van der Waals surface area contributed by atoms with Crippen LogP contribution in [-0.2, 0) is 9.53 Å². The molecule has 1 aromatic rings. The third-order valence-corrected chi connectivity index (χ3v) is 2.70. The minimum atomic E-state index is -0.478. The number of ether oxygens (including phenoxy) is 1. The van der Waals surface area contributed by atoms with Crippen molar-refractivity contribution < 1.29 is 14.3 Å². The molecule has 110 valence electrons. The molecule has 1 rings (SSSR count). The van der Waals surface area contributed by atoms with E-state index in [1.807, 2.05) is 0 Å². The molecule has 1 aromatic heterocycles. The zero-order chi connectivity index (χ0) is 15.1. The number of anilines is 2. The van der Waals surface area contributed by atoms with Crippen molar-refractivity contribution in [3.05, 3.63) is 17.8 Å². The molecule has 1 heterocycles. The number of carbonyl (C=O) groups is 2. The van der Waals surface area contributed by atoms with Crippen molar-refractivity contribution in [2.45, 2.75) is 13.3 Å². The van der Waals surface area contributed by atoms with Gasteiger partial charge in [0.15, 0.2) is 0 Å². The number of nitrogens with two attached hydrogens (primary N) is 1. The summed E-state index contributed by atoms with van der Waals surface area (Å²) in [5, 5.41) is 2.54. The van der Waals surface area contributed by atoms with E-state index in [-0.39, 0.29) is 12.5 Å². The van der Waals surface area contributed by atoms with Gasteiger partial charge in [0, 0.05) is 27.1 Å². The van der Waals surface area contributed by atoms with Gasteiger partial charge in [-0.05, 0) is 13.0 Å². The first kappa shape index (κ1) is 15.7. The summed E-state index contributed by atoms with van der Waals surface area (Å²) in [4.78, 5) is 29.0. The quantitative estimate of drug-likeness (QED) is 0.733. The molecule has 0 atom stereocenters. The molecule has 20 heavy (non-hydrogen) atoms. The molecule has 0 saturated carbocycles. The predicted molar refractivity (Wildman–Crippen MR) is 76.6 cm³/mol. The Morgan fingerprint density at radius 3 is 2.80 bits per heavy atom. The monoisotopic (exact) mass is 280 g/mol. The standard InChI is InChI=1S/C13H20N4O3/c1-4-20-13(19)10-7-9(14)8-16-12(10)17(3)6-5-11(18)15-2/h7-8H,4-6,14H2,1-3H3,(H,15,18). The zero-order valence-corrected chi connectivity index (χ0v) is 12.0. The molecule has 0 radical (unpaired) electrons. The molecule has 0 unspecified atom stereocenters. The molecule has 0 fully saturated rings. The SMILES string of the molecule is CCOC(=O)c1cc(N)cnc1N(C)CCC(=O)NC. The third-order valence-electron chi connectivity index (χ3n) is 2.70. The Morgan fingerprint density at radius 2 is 2.20 bits per heavy atom. The molecule has 0 saturated heterocycles. The van der Waals surface area contributed by atoms with Crippen LogP contribution in [0.2, 0.25) is 0 Å². The van der Waals surface area contributed by atoms with Gasteiger partial charge in [0.25, 0.3) is 0 Å². The number of hydrogen-bond acceptors (Lipinski definition) is 6. The number of nitrogen functional groups attached to an aromatic ring is 1. The lowest BCUT2D eigenvalue weighted by atomic mass is 10.2. The fraction of sp³-hybridized carbons (Fsp3) is 0.462. The van der Waals surface area contributed by atoms with Gasteiger partial charge in [-0.25, -0.2) is 9.78 Å². The van der Waals surface area contributed by atoms with E-state index in [9.17, 15) is 9.59 Å². The third kappa shape index (κ3) is 4.11. The van der Waals surface area contributed by atoms with Gasteiger partial charge < -0.3 is 20.7 Å². The van der Waals surface area contributed by atoms with E-state index in [2.05, 4.69) is 10.3 Å². The summed E-state index contributed by atoms with van der Waals surface area (Å²) in [7, 11) is 3.33. The fourth-order valence-electron chi connectivity index (χ4n) is 1.64. The summed E-state index contributed by atoms with van der Waals surface area (Å²) >= 11 is 0. The second kappa shape index (κ2) is 7.32. The maximum Gasteiger partial charge on any atom is 0.341 e. The molecule has 0 aromatic carbocycles. The molecule has 7 nitrogen and oxygen atoms in total.